The number of halogens is 1. The summed E-state index contributed by atoms with van der Waals surface area (Å²) in [6.45, 7) is 8.51. The third-order valence-corrected chi connectivity index (χ3v) is 4.21. The first-order valence-corrected chi connectivity index (χ1v) is 9.60. The van der Waals surface area contributed by atoms with Crippen LogP contribution in [0.4, 0.5) is 0 Å². The van der Waals surface area contributed by atoms with E-state index in [1.807, 2.05) is 51.1 Å². The molecule has 0 heterocycles. The van der Waals surface area contributed by atoms with Crippen molar-refractivity contribution in [3.05, 3.63) is 64.7 Å². The maximum atomic E-state index is 11.8. The highest BCUT2D eigenvalue weighted by atomic mass is 127. The highest BCUT2D eigenvalue weighted by molar-refractivity contribution is 14.0. The summed E-state index contributed by atoms with van der Waals surface area (Å²) in [5, 5.41) is 9.39. The van der Waals surface area contributed by atoms with Crippen molar-refractivity contribution in [2.45, 2.75) is 33.9 Å². The number of nitrogens with one attached hydrogen (secondary N) is 3. The van der Waals surface area contributed by atoms with Gasteiger partial charge in [0.25, 0.3) is 5.91 Å². The number of benzene rings is 2. The molecule has 1 amide bonds. The third kappa shape index (κ3) is 7.92. The Labute approximate surface area is 190 Å². The number of hydrogen-bond acceptors (Lipinski definition) is 3. The van der Waals surface area contributed by atoms with E-state index in [1.54, 1.807) is 7.11 Å². The van der Waals surface area contributed by atoms with Gasteiger partial charge in [-0.05, 0) is 50.1 Å². The Morgan fingerprint density at radius 1 is 1.00 bits per heavy atom. The van der Waals surface area contributed by atoms with Gasteiger partial charge in [-0.2, -0.15) is 0 Å². The van der Waals surface area contributed by atoms with Gasteiger partial charge in [0.05, 0.1) is 13.7 Å². The van der Waals surface area contributed by atoms with Gasteiger partial charge in [-0.15, -0.1) is 24.0 Å². The number of carbonyl (C=O) groups excluding carboxylic acids is 1. The second kappa shape index (κ2) is 13.0. The Hall–Kier alpha value is -2.29. The molecule has 0 saturated carbocycles. The zero-order valence-corrected chi connectivity index (χ0v) is 19.9. The molecule has 0 saturated heterocycles. The largest absolute Gasteiger partial charge is 0.496 e. The van der Waals surface area contributed by atoms with Crippen molar-refractivity contribution in [1.29, 1.82) is 0 Å². The van der Waals surface area contributed by atoms with E-state index in [0.29, 0.717) is 25.2 Å². The molecule has 6 nitrogen and oxygen atoms in total. The van der Waals surface area contributed by atoms with Crippen LogP contribution in [0.5, 0.6) is 5.75 Å². The summed E-state index contributed by atoms with van der Waals surface area (Å²) < 4.78 is 5.46. The third-order valence-electron chi connectivity index (χ3n) is 4.21. The minimum atomic E-state index is -0.0559. The molecular weight excluding hydrogens is 479 g/mol. The van der Waals surface area contributed by atoms with Gasteiger partial charge < -0.3 is 20.7 Å². The monoisotopic (exact) mass is 510 g/mol. The Morgan fingerprint density at radius 3 is 2.31 bits per heavy atom. The topological polar surface area (TPSA) is 74.8 Å². The lowest BCUT2D eigenvalue weighted by Crippen LogP contribution is -2.36. The highest BCUT2D eigenvalue weighted by Gasteiger charge is 2.06. The summed E-state index contributed by atoms with van der Waals surface area (Å²) in [5.41, 5.74) is 3.94. The van der Waals surface area contributed by atoms with E-state index in [-0.39, 0.29) is 29.9 Å². The first-order valence-electron chi connectivity index (χ1n) is 9.60. The molecule has 2 aromatic rings. The van der Waals surface area contributed by atoms with E-state index in [4.69, 9.17) is 4.74 Å². The molecule has 0 radical (unpaired) electrons. The summed E-state index contributed by atoms with van der Waals surface area (Å²) in [6.07, 6.45) is 0. The van der Waals surface area contributed by atoms with E-state index in [0.717, 1.165) is 34.9 Å². The van der Waals surface area contributed by atoms with Crippen LogP contribution in [-0.2, 0) is 13.1 Å². The molecule has 0 aliphatic heterocycles. The van der Waals surface area contributed by atoms with Gasteiger partial charge in [0.2, 0.25) is 0 Å². The number of aliphatic imine (C=N–C) groups is 1. The number of rotatable bonds is 8. The number of methoxy groups -OCH3 is 1. The van der Waals surface area contributed by atoms with Crippen molar-refractivity contribution < 1.29 is 9.53 Å². The Morgan fingerprint density at radius 2 is 1.69 bits per heavy atom. The van der Waals surface area contributed by atoms with E-state index < -0.39 is 0 Å². The predicted molar refractivity (Wildman–Crippen MR) is 129 cm³/mol. The number of carbonyl (C=O) groups is 1. The second-order valence-electron chi connectivity index (χ2n) is 6.42. The number of guanidine groups is 1. The smallest absolute Gasteiger partial charge is 0.251 e. The molecule has 0 aromatic heterocycles. The maximum Gasteiger partial charge on any atom is 0.251 e. The number of nitrogens with zero attached hydrogens (tertiary/aromatic N) is 1. The lowest BCUT2D eigenvalue weighted by Gasteiger charge is -2.14. The van der Waals surface area contributed by atoms with Crippen molar-refractivity contribution in [3.8, 4) is 5.75 Å². The van der Waals surface area contributed by atoms with E-state index in [1.165, 1.54) is 0 Å². The normalized spacial score (nSPS) is 10.7. The molecule has 158 valence electrons. The lowest BCUT2D eigenvalue weighted by atomic mass is 10.1. The van der Waals surface area contributed by atoms with Gasteiger partial charge in [0, 0.05) is 30.8 Å². The minimum absolute atomic E-state index is 0. The Kier molecular flexibility index (Phi) is 11.1. The quantitative estimate of drug-likeness (QED) is 0.288. The van der Waals surface area contributed by atoms with E-state index in [9.17, 15) is 4.79 Å². The summed E-state index contributed by atoms with van der Waals surface area (Å²) in [5.74, 6) is 1.54. The van der Waals surface area contributed by atoms with Crippen LogP contribution < -0.4 is 20.7 Å². The fourth-order valence-corrected chi connectivity index (χ4v) is 2.71. The van der Waals surface area contributed by atoms with E-state index >= 15 is 0 Å². The molecule has 0 bridgehead atoms. The number of hydrogen-bond donors (Lipinski definition) is 3. The van der Waals surface area contributed by atoms with Crippen molar-refractivity contribution in [3.63, 3.8) is 0 Å². The molecule has 2 rings (SSSR count). The average molecular weight is 510 g/mol. The Balaban J connectivity index is 0.00000420. The molecule has 3 N–H and O–H groups in total. The highest BCUT2D eigenvalue weighted by Crippen LogP contribution is 2.19. The zero-order chi connectivity index (χ0) is 20.4. The maximum absolute atomic E-state index is 11.8. The van der Waals surface area contributed by atoms with Crippen LogP contribution in [0.15, 0.2) is 47.5 Å². The van der Waals surface area contributed by atoms with Crippen LogP contribution in [0.3, 0.4) is 0 Å². The molecule has 0 fully saturated rings. The zero-order valence-electron chi connectivity index (χ0n) is 17.5. The molecule has 0 atom stereocenters. The minimum Gasteiger partial charge on any atom is -0.496 e. The molecule has 0 unspecified atom stereocenters. The molecule has 0 aliphatic rings. The fourth-order valence-electron chi connectivity index (χ4n) is 2.71. The van der Waals surface area contributed by atoms with Crippen LogP contribution >= 0.6 is 24.0 Å². The van der Waals surface area contributed by atoms with Crippen LogP contribution in [-0.4, -0.2) is 32.1 Å². The van der Waals surface area contributed by atoms with Gasteiger partial charge in [-0.3, -0.25) is 4.79 Å². The van der Waals surface area contributed by atoms with Crippen molar-refractivity contribution in [1.82, 2.24) is 16.0 Å². The first kappa shape index (κ1) is 24.7. The molecule has 0 aliphatic carbocycles. The molecule has 29 heavy (non-hydrogen) atoms. The summed E-state index contributed by atoms with van der Waals surface area (Å²) in [7, 11) is 1.68. The van der Waals surface area contributed by atoms with E-state index in [2.05, 4.69) is 33.1 Å². The SMILES string of the molecule is CCNC(=O)c1ccc(CN=C(NCC)NCc2ccc(C)cc2OC)cc1.I. The summed E-state index contributed by atoms with van der Waals surface area (Å²) in [6, 6.07) is 13.7. The molecule has 0 spiro atoms. The van der Waals surface area contributed by atoms with Gasteiger partial charge in [-0.1, -0.05) is 24.3 Å². The Bertz CT molecular complexity index is 807. The number of aryl methyl sites for hydroxylation is 1. The standard InChI is InChI=1S/C22H30N4O2.HI/c1-5-23-21(27)18-11-8-17(9-12-18)14-25-22(24-6-2)26-15-19-10-7-16(3)13-20(19)28-4;/h7-13H,5-6,14-15H2,1-4H3,(H,23,27)(H2,24,25,26);1H. The fraction of sp³-hybridized carbons (Fsp3) is 0.364. The van der Waals surface area contributed by atoms with Crippen LogP contribution in [0.2, 0.25) is 0 Å². The average Bonchev–Trinajstić information content (AvgIpc) is 2.71. The van der Waals surface area contributed by atoms with Gasteiger partial charge in [-0.25, -0.2) is 4.99 Å². The lowest BCUT2D eigenvalue weighted by molar-refractivity contribution is 0.0956. The van der Waals surface area contributed by atoms with Gasteiger partial charge in [0.1, 0.15) is 5.75 Å². The van der Waals surface area contributed by atoms with Crippen LogP contribution in [0.25, 0.3) is 0 Å². The second-order valence-corrected chi connectivity index (χ2v) is 6.42. The molecule has 2 aromatic carbocycles. The summed E-state index contributed by atoms with van der Waals surface area (Å²) >= 11 is 0. The molecular formula is C22H31IN4O2. The van der Waals surface area contributed by atoms with Crippen LogP contribution in [0, 0.1) is 6.92 Å². The van der Waals surface area contributed by atoms with Crippen molar-refractivity contribution in [2.75, 3.05) is 20.2 Å². The summed E-state index contributed by atoms with van der Waals surface area (Å²) in [4.78, 5) is 16.5. The predicted octanol–water partition coefficient (Wildman–Crippen LogP) is 3.63. The van der Waals surface area contributed by atoms with Gasteiger partial charge >= 0.3 is 0 Å². The van der Waals surface area contributed by atoms with Crippen LogP contribution in [0.1, 0.15) is 40.9 Å². The molecule has 7 heteroatoms. The number of amides is 1. The van der Waals surface area contributed by atoms with Crippen molar-refractivity contribution in [2.24, 2.45) is 4.99 Å². The first-order chi connectivity index (χ1) is 13.6. The van der Waals surface area contributed by atoms with Crippen molar-refractivity contribution >= 4 is 35.8 Å². The van der Waals surface area contributed by atoms with Gasteiger partial charge in [0.15, 0.2) is 5.96 Å². The number of ether oxygens (including phenoxy) is 1.